The predicted molar refractivity (Wildman–Crippen MR) is 125 cm³/mol. The molecule has 6 heteroatoms. The summed E-state index contributed by atoms with van der Waals surface area (Å²) in [6, 6.07) is 7.24. The van der Waals surface area contributed by atoms with Gasteiger partial charge in [0.25, 0.3) is 0 Å². The largest absolute Gasteiger partial charge is 0.465 e. The van der Waals surface area contributed by atoms with Crippen LogP contribution in [-0.4, -0.2) is 30.9 Å². The van der Waals surface area contributed by atoms with Gasteiger partial charge in [0, 0.05) is 24.1 Å². The third kappa shape index (κ3) is 3.57. The van der Waals surface area contributed by atoms with Crippen molar-refractivity contribution >= 4 is 23.5 Å². The fraction of sp³-hybridized carbons (Fsp3) is 0.667. The summed E-state index contributed by atoms with van der Waals surface area (Å²) in [6.45, 7) is 4.76. The van der Waals surface area contributed by atoms with Crippen LogP contribution in [0.5, 0.6) is 0 Å². The highest BCUT2D eigenvalue weighted by Crippen LogP contribution is 2.65. The van der Waals surface area contributed by atoms with Gasteiger partial charge in [-0.2, -0.15) is 0 Å². The van der Waals surface area contributed by atoms with E-state index in [0.717, 1.165) is 50.6 Å². The first kappa shape index (κ1) is 22.4. The van der Waals surface area contributed by atoms with Gasteiger partial charge in [0.1, 0.15) is 0 Å². The van der Waals surface area contributed by atoms with Gasteiger partial charge in [0.05, 0.1) is 12.7 Å². The van der Waals surface area contributed by atoms with Crippen LogP contribution in [0.4, 0.5) is 5.69 Å². The Balaban J connectivity index is 1.30. The van der Waals surface area contributed by atoms with Gasteiger partial charge in [-0.25, -0.2) is 4.79 Å². The first-order chi connectivity index (χ1) is 15.8. The number of anilines is 1. The van der Waals surface area contributed by atoms with Gasteiger partial charge >= 0.3 is 5.97 Å². The molecule has 33 heavy (non-hydrogen) atoms. The smallest absolute Gasteiger partial charge is 0.337 e. The molecule has 2 amide bonds. The molecule has 4 aliphatic rings. The number of carbonyl (C=O) groups is 3. The minimum absolute atomic E-state index is 0.0142. The van der Waals surface area contributed by atoms with Crippen molar-refractivity contribution in [2.24, 2.45) is 34.5 Å². The lowest BCUT2D eigenvalue weighted by atomic mass is 9.47. The van der Waals surface area contributed by atoms with Crippen LogP contribution in [0.25, 0.3) is 0 Å². The van der Waals surface area contributed by atoms with E-state index < -0.39 is 0 Å². The molecule has 7 atom stereocenters. The molecule has 3 aliphatic carbocycles. The Kier molecular flexibility index (Phi) is 5.53. The fourth-order valence-electron chi connectivity index (χ4n) is 8.17. The van der Waals surface area contributed by atoms with Crippen LogP contribution in [0.2, 0.25) is 0 Å². The molecule has 178 valence electrons. The minimum atomic E-state index is -0.378. The number of piperidine rings is 1. The van der Waals surface area contributed by atoms with Crippen LogP contribution in [0.1, 0.15) is 75.6 Å². The number of ether oxygens (including phenoxy) is 1. The quantitative estimate of drug-likeness (QED) is 0.659. The zero-order chi connectivity index (χ0) is 23.4. The Morgan fingerprint density at radius 3 is 2.42 bits per heavy atom. The lowest BCUT2D eigenvalue weighted by molar-refractivity contribution is -0.140. The van der Waals surface area contributed by atoms with E-state index in [-0.39, 0.29) is 34.5 Å². The van der Waals surface area contributed by atoms with Gasteiger partial charge in [0.15, 0.2) is 0 Å². The number of hydrogen-bond acceptors (Lipinski definition) is 4. The van der Waals surface area contributed by atoms with Crippen molar-refractivity contribution in [3.63, 3.8) is 0 Å². The third-order valence-corrected chi connectivity index (χ3v) is 9.98. The third-order valence-electron chi connectivity index (χ3n) is 9.98. The summed E-state index contributed by atoms with van der Waals surface area (Å²) in [4.78, 5) is 37.1. The summed E-state index contributed by atoms with van der Waals surface area (Å²) in [7, 11) is 1.36. The van der Waals surface area contributed by atoms with Gasteiger partial charge in [0.2, 0.25) is 11.8 Å². The topological polar surface area (TPSA) is 84.5 Å². The van der Waals surface area contributed by atoms with E-state index in [9.17, 15) is 14.4 Å². The number of carbonyl (C=O) groups excluding carboxylic acids is 3. The first-order valence-corrected chi connectivity index (χ1v) is 12.5. The highest BCUT2D eigenvalue weighted by molar-refractivity contribution is 5.94. The SMILES string of the molecule is COC(=O)c1ccc(NC(=O)[C@H]2CC[C@H]3[C@@H]4CC[C@H]5NC(=O)CC[C@]5(C)[C@H]4CC[C@]23C)cc1. The molecule has 2 N–H and O–H groups in total. The minimum Gasteiger partial charge on any atom is -0.465 e. The molecule has 0 radical (unpaired) electrons. The van der Waals surface area contributed by atoms with Gasteiger partial charge in [-0.15, -0.1) is 0 Å². The lowest BCUT2D eigenvalue weighted by Crippen LogP contribution is -2.61. The van der Waals surface area contributed by atoms with Crippen molar-refractivity contribution < 1.29 is 19.1 Å². The van der Waals surface area contributed by atoms with Crippen molar-refractivity contribution in [2.45, 2.75) is 71.3 Å². The molecule has 0 bridgehead atoms. The van der Waals surface area contributed by atoms with E-state index in [4.69, 9.17) is 4.74 Å². The molecular weight excluding hydrogens is 416 g/mol. The number of esters is 1. The van der Waals surface area contributed by atoms with Crippen molar-refractivity contribution in [3.05, 3.63) is 29.8 Å². The number of nitrogens with one attached hydrogen (secondary N) is 2. The van der Waals surface area contributed by atoms with Crippen LogP contribution in [-0.2, 0) is 14.3 Å². The molecule has 0 aromatic heterocycles. The van der Waals surface area contributed by atoms with E-state index in [1.165, 1.54) is 7.11 Å². The maximum absolute atomic E-state index is 13.4. The summed E-state index contributed by atoms with van der Waals surface area (Å²) >= 11 is 0. The van der Waals surface area contributed by atoms with Crippen LogP contribution >= 0.6 is 0 Å². The van der Waals surface area contributed by atoms with Crippen LogP contribution in [0.3, 0.4) is 0 Å². The van der Waals surface area contributed by atoms with Gasteiger partial charge < -0.3 is 15.4 Å². The molecule has 3 saturated carbocycles. The van der Waals surface area contributed by atoms with Crippen molar-refractivity contribution in [2.75, 3.05) is 12.4 Å². The molecule has 1 aliphatic heterocycles. The van der Waals surface area contributed by atoms with E-state index in [0.29, 0.717) is 35.8 Å². The second-order valence-corrected chi connectivity index (χ2v) is 11.3. The van der Waals surface area contributed by atoms with Crippen molar-refractivity contribution in [3.8, 4) is 0 Å². The molecule has 0 unspecified atom stereocenters. The zero-order valence-corrected chi connectivity index (χ0v) is 20.0. The van der Waals surface area contributed by atoms with Crippen molar-refractivity contribution in [1.82, 2.24) is 5.32 Å². The zero-order valence-electron chi connectivity index (χ0n) is 20.0. The summed E-state index contributed by atoms with van der Waals surface area (Å²) in [6.07, 6.45) is 8.16. The monoisotopic (exact) mass is 452 g/mol. The first-order valence-electron chi connectivity index (χ1n) is 12.5. The van der Waals surface area contributed by atoms with E-state index in [2.05, 4.69) is 24.5 Å². The second kappa shape index (κ2) is 8.14. The number of fused-ring (bicyclic) bond motifs is 5. The average Bonchev–Trinajstić information content (AvgIpc) is 3.17. The van der Waals surface area contributed by atoms with E-state index >= 15 is 0 Å². The molecule has 1 aromatic carbocycles. The summed E-state index contributed by atoms with van der Waals surface area (Å²) in [5.41, 5.74) is 1.42. The summed E-state index contributed by atoms with van der Waals surface area (Å²) in [5.74, 6) is 1.82. The van der Waals surface area contributed by atoms with E-state index in [1.807, 2.05) is 0 Å². The highest BCUT2D eigenvalue weighted by Gasteiger charge is 2.61. The lowest BCUT2D eigenvalue weighted by Gasteiger charge is -2.60. The second-order valence-electron chi connectivity index (χ2n) is 11.3. The molecule has 5 rings (SSSR count). The Morgan fingerprint density at radius 1 is 0.970 bits per heavy atom. The van der Waals surface area contributed by atoms with Crippen LogP contribution < -0.4 is 10.6 Å². The van der Waals surface area contributed by atoms with Gasteiger partial charge in [-0.05, 0) is 97.8 Å². The fourth-order valence-corrected chi connectivity index (χ4v) is 8.17. The number of amides is 2. The van der Waals surface area contributed by atoms with Gasteiger partial charge in [-0.3, -0.25) is 9.59 Å². The Bertz CT molecular complexity index is 959. The average molecular weight is 453 g/mol. The van der Waals surface area contributed by atoms with Crippen LogP contribution in [0.15, 0.2) is 24.3 Å². The summed E-state index contributed by atoms with van der Waals surface area (Å²) in [5, 5.41) is 6.42. The summed E-state index contributed by atoms with van der Waals surface area (Å²) < 4.78 is 4.75. The number of methoxy groups -OCH3 is 1. The highest BCUT2D eigenvalue weighted by atomic mass is 16.5. The molecule has 1 aromatic rings. The number of benzene rings is 1. The Labute approximate surface area is 196 Å². The van der Waals surface area contributed by atoms with Gasteiger partial charge in [-0.1, -0.05) is 13.8 Å². The Hall–Kier alpha value is -2.37. The maximum Gasteiger partial charge on any atom is 0.337 e. The predicted octanol–water partition coefficient (Wildman–Crippen LogP) is 4.55. The maximum atomic E-state index is 13.4. The van der Waals surface area contributed by atoms with E-state index in [1.54, 1.807) is 24.3 Å². The number of rotatable bonds is 3. The van der Waals surface area contributed by atoms with Crippen LogP contribution in [0, 0.1) is 34.5 Å². The molecular formula is C27H36N2O4. The number of hydrogen-bond donors (Lipinski definition) is 2. The molecule has 1 saturated heterocycles. The molecule has 0 spiro atoms. The molecule has 6 nitrogen and oxygen atoms in total. The normalized spacial score (nSPS) is 39.5. The Morgan fingerprint density at radius 2 is 1.70 bits per heavy atom. The molecule has 4 fully saturated rings. The van der Waals surface area contributed by atoms with Crippen molar-refractivity contribution in [1.29, 1.82) is 0 Å². The standard InChI is InChI=1S/C27H36N2O4/c1-26-14-12-20-18(8-11-22-27(20,2)15-13-23(30)29-22)19(26)9-10-21(26)24(31)28-17-6-4-16(5-7-17)25(32)33-3/h4-7,18-22H,8-15H2,1-3H3,(H,28,31)(H,29,30)/t18-,19-,20-,21+,22+,26-,27+/m0/s1. The molecule has 1 heterocycles.